The van der Waals surface area contributed by atoms with Crippen LogP contribution in [0.1, 0.15) is 12.5 Å². The molecule has 2 aromatic rings. The number of para-hydroxylation sites is 1. The third-order valence-corrected chi connectivity index (χ3v) is 2.47. The lowest BCUT2D eigenvalue weighted by atomic mass is 10.2. The highest BCUT2D eigenvalue weighted by Crippen LogP contribution is 2.10. The van der Waals surface area contributed by atoms with E-state index in [1.54, 1.807) is 6.92 Å². The summed E-state index contributed by atoms with van der Waals surface area (Å²) in [6.07, 6.45) is 1.14. The number of amidine groups is 1. The van der Waals surface area contributed by atoms with Crippen LogP contribution in [0.4, 0.5) is 5.69 Å². The summed E-state index contributed by atoms with van der Waals surface area (Å²) in [6.45, 7) is 3.73. The molecule has 0 saturated heterocycles. The van der Waals surface area contributed by atoms with Gasteiger partial charge in [-0.3, -0.25) is 15.7 Å². The second-order valence-electron chi connectivity index (χ2n) is 4.07. The van der Waals surface area contributed by atoms with E-state index in [9.17, 15) is 0 Å². The van der Waals surface area contributed by atoms with Crippen LogP contribution in [0, 0.1) is 17.7 Å². The van der Waals surface area contributed by atoms with Crippen molar-refractivity contribution in [2.45, 2.75) is 13.8 Å². The van der Waals surface area contributed by atoms with Gasteiger partial charge in [0.25, 0.3) is 0 Å². The van der Waals surface area contributed by atoms with Crippen LogP contribution in [0.5, 0.6) is 0 Å². The minimum atomic E-state index is 0.344. The summed E-state index contributed by atoms with van der Waals surface area (Å²) in [4.78, 5) is 1.50. The Hall–Kier alpha value is -2.42. The topological polar surface area (TPSA) is 50.9 Å². The second-order valence-corrected chi connectivity index (χ2v) is 4.07. The first-order valence-corrected chi connectivity index (χ1v) is 6.07. The van der Waals surface area contributed by atoms with Crippen molar-refractivity contribution in [2.24, 2.45) is 0 Å². The smallest absolute Gasteiger partial charge is 0.102 e. The number of nitrogens with one attached hydrogen (secondary N) is 2. The number of hydrogen-bond acceptors (Lipinski definition) is 2. The highest BCUT2D eigenvalue weighted by molar-refractivity contribution is 6.07. The summed E-state index contributed by atoms with van der Waals surface area (Å²) >= 11 is 0. The van der Waals surface area contributed by atoms with Crippen LogP contribution in [-0.2, 0) is 0 Å². The lowest BCUT2D eigenvalue weighted by Gasteiger charge is -2.16. The van der Waals surface area contributed by atoms with Gasteiger partial charge >= 0.3 is 0 Å². The number of rotatable bonds is 2. The van der Waals surface area contributed by atoms with Crippen LogP contribution in [0.25, 0.3) is 0 Å². The van der Waals surface area contributed by atoms with Gasteiger partial charge in [-0.25, -0.2) is 0 Å². The van der Waals surface area contributed by atoms with Crippen LogP contribution in [-0.4, -0.2) is 12.2 Å². The lowest BCUT2D eigenvalue weighted by molar-refractivity contribution is 1.32. The summed E-state index contributed by atoms with van der Waals surface area (Å²) in [7, 11) is 0. The van der Waals surface area contributed by atoms with Gasteiger partial charge in [-0.05, 0) is 26.0 Å². The Morgan fingerprint density at radius 3 is 1.74 bits per heavy atom. The number of aryl methyl sites for hydroxylation is 1. The standard InChI is InChI=1S/C9H11N3.C7H8/c1-8(11)12(7-10)9-5-3-2-4-6-9;1-7-5-3-2-4-6-7/h2-7,10-11H,1H3;2-6H,1H3. The third kappa shape index (κ3) is 5.17. The minimum Gasteiger partial charge on any atom is -0.291 e. The predicted molar refractivity (Wildman–Crippen MR) is 82.3 cm³/mol. The second kappa shape index (κ2) is 7.82. The quantitative estimate of drug-likeness (QED) is 0.614. The van der Waals surface area contributed by atoms with Crippen molar-refractivity contribution in [1.29, 1.82) is 10.8 Å². The Labute approximate surface area is 114 Å². The van der Waals surface area contributed by atoms with Crippen LogP contribution in [0.2, 0.25) is 0 Å². The molecule has 0 atom stereocenters. The Morgan fingerprint density at radius 1 is 0.947 bits per heavy atom. The summed E-state index contributed by atoms with van der Waals surface area (Å²) in [5.74, 6) is 0.344. The average molecular weight is 253 g/mol. The molecular weight excluding hydrogens is 234 g/mol. The zero-order chi connectivity index (χ0) is 14.1. The fraction of sp³-hybridized carbons (Fsp3) is 0.125. The van der Waals surface area contributed by atoms with Gasteiger partial charge in [-0.2, -0.15) is 0 Å². The zero-order valence-electron chi connectivity index (χ0n) is 11.3. The minimum absolute atomic E-state index is 0.344. The molecule has 0 aliphatic carbocycles. The van der Waals surface area contributed by atoms with E-state index in [2.05, 4.69) is 19.1 Å². The molecule has 0 radical (unpaired) electrons. The SMILES string of the molecule is CC(=N)N(C=N)c1ccccc1.Cc1ccccc1. The van der Waals surface area contributed by atoms with Gasteiger partial charge in [0.15, 0.2) is 0 Å². The summed E-state index contributed by atoms with van der Waals surface area (Å²) in [5.41, 5.74) is 2.17. The lowest BCUT2D eigenvalue weighted by Crippen LogP contribution is -2.25. The molecule has 98 valence electrons. The van der Waals surface area contributed by atoms with Gasteiger partial charge < -0.3 is 0 Å². The normalized spacial score (nSPS) is 8.95. The molecule has 0 aliphatic heterocycles. The Balaban J connectivity index is 0.000000218. The van der Waals surface area contributed by atoms with E-state index < -0.39 is 0 Å². The van der Waals surface area contributed by atoms with Gasteiger partial charge in [0.2, 0.25) is 0 Å². The van der Waals surface area contributed by atoms with Gasteiger partial charge in [0.05, 0.1) is 6.34 Å². The van der Waals surface area contributed by atoms with Crippen molar-refractivity contribution in [3.63, 3.8) is 0 Å². The van der Waals surface area contributed by atoms with Crippen LogP contribution < -0.4 is 4.90 Å². The van der Waals surface area contributed by atoms with E-state index in [4.69, 9.17) is 10.8 Å². The monoisotopic (exact) mass is 253 g/mol. The molecule has 0 aliphatic rings. The van der Waals surface area contributed by atoms with Crippen LogP contribution >= 0.6 is 0 Å². The van der Waals surface area contributed by atoms with E-state index in [-0.39, 0.29) is 0 Å². The first-order chi connectivity index (χ1) is 9.15. The van der Waals surface area contributed by atoms with Crippen molar-refractivity contribution in [1.82, 2.24) is 0 Å². The van der Waals surface area contributed by atoms with Crippen molar-refractivity contribution in [3.05, 3.63) is 66.2 Å². The molecular formula is C16H19N3. The molecule has 0 heterocycles. The van der Waals surface area contributed by atoms with Crippen LogP contribution in [0.3, 0.4) is 0 Å². The molecule has 3 heteroatoms. The largest absolute Gasteiger partial charge is 0.291 e. The fourth-order valence-electron chi connectivity index (χ4n) is 1.49. The molecule has 2 aromatic carbocycles. The Kier molecular flexibility index (Phi) is 6.03. The van der Waals surface area contributed by atoms with Crippen molar-refractivity contribution in [3.8, 4) is 0 Å². The molecule has 0 fully saturated rings. The van der Waals surface area contributed by atoms with Gasteiger partial charge in [-0.15, -0.1) is 0 Å². The van der Waals surface area contributed by atoms with Gasteiger partial charge in [0, 0.05) is 5.69 Å². The van der Waals surface area contributed by atoms with E-state index in [1.165, 1.54) is 10.5 Å². The maximum atomic E-state index is 7.36. The van der Waals surface area contributed by atoms with Crippen molar-refractivity contribution >= 4 is 17.9 Å². The zero-order valence-corrected chi connectivity index (χ0v) is 11.3. The number of hydrogen-bond donors (Lipinski definition) is 2. The molecule has 19 heavy (non-hydrogen) atoms. The molecule has 0 spiro atoms. The van der Waals surface area contributed by atoms with Crippen molar-refractivity contribution < 1.29 is 0 Å². The third-order valence-electron chi connectivity index (χ3n) is 2.47. The predicted octanol–water partition coefficient (Wildman–Crippen LogP) is 4.09. The van der Waals surface area contributed by atoms with Crippen molar-refractivity contribution in [2.75, 3.05) is 4.90 Å². The van der Waals surface area contributed by atoms with Gasteiger partial charge in [-0.1, -0.05) is 54.1 Å². The molecule has 0 bridgehead atoms. The highest BCUT2D eigenvalue weighted by atomic mass is 15.2. The summed E-state index contributed by atoms with van der Waals surface area (Å²) < 4.78 is 0. The Bertz CT molecular complexity index is 506. The first-order valence-electron chi connectivity index (χ1n) is 6.07. The number of nitrogens with zero attached hydrogens (tertiary/aromatic N) is 1. The Morgan fingerprint density at radius 2 is 1.42 bits per heavy atom. The van der Waals surface area contributed by atoms with Gasteiger partial charge in [0.1, 0.15) is 5.84 Å². The van der Waals surface area contributed by atoms with Crippen LogP contribution in [0.15, 0.2) is 60.7 Å². The summed E-state index contributed by atoms with van der Waals surface area (Å²) in [6, 6.07) is 19.7. The first kappa shape index (κ1) is 14.6. The molecule has 3 nitrogen and oxygen atoms in total. The molecule has 2 N–H and O–H groups in total. The molecule has 0 unspecified atom stereocenters. The molecule has 2 rings (SSSR count). The molecule has 0 amide bonds. The number of anilines is 1. The van der Waals surface area contributed by atoms with E-state index in [0.29, 0.717) is 5.84 Å². The average Bonchev–Trinajstić information content (AvgIpc) is 2.42. The maximum Gasteiger partial charge on any atom is 0.102 e. The fourth-order valence-corrected chi connectivity index (χ4v) is 1.49. The molecule has 0 saturated carbocycles. The van der Waals surface area contributed by atoms with E-state index in [1.807, 2.05) is 48.5 Å². The van der Waals surface area contributed by atoms with E-state index in [0.717, 1.165) is 12.0 Å². The maximum absolute atomic E-state index is 7.36. The summed E-state index contributed by atoms with van der Waals surface area (Å²) in [5, 5.41) is 14.5. The molecule has 0 aromatic heterocycles. The highest BCUT2D eigenvalue weighted by Gasteiger charge is 2.02. The number of benzene rings is 2. The van der Waals surface area contributed by atoms with E-state index >= 15 is 0 Å².